The second-order valence-corrected chi connectivity index (χ2v) is 6.39. The summed E-state index contributed by atoms with van der Waals surface area (Å²) in [5, 5.41) is 6.36. The Hall–Kier alpha value is -3.81. The first kappa shape index (κ1) is 19.9. The molecule has 1 amide bonds. The Bertz CT molecular complexity index is 1040. The van der Waals surface area contributed by atoms with Crippen molar-refractivity contribution < 1.29 is 23.6 Å². The van der Waals surface area contributed by atoms with Crippen molar-refractivity contribution in [2.75, 3.05) is 5.32 Å². The molecule has 1 heterocycles. The molecule has 0 bridgehead atoms. The lowest BCUT2D eigenvalue weighted by atomic mass is 10.1. The van der Waals surface area contributed by atoms with E-state index in [0.29, 0.717) is 28.5 Å². The van der Waals surface area contributed by atoms with Crippen molar-refractivity contribution in [2.45, 2.75) is 26.9 Å². The molecular weight excluding hydrogens is 374 g/mol. The quantitative estimate of drug-likeness (QED) is 0.504. The summed E-state index contributed by atoms with van der Waals surface area (Å²) < 4.78 is 10.3. The molecule has 8 nitrogen and oxygen atoms in total. The lowest BCUT2D eigenvalue weighted by Gasteiger charge is -2.14. The zero-order valence-electron chi connectivity index (χ0n) is 16.1. The van der Waals surface area contributed by atoms with Gasteiger partial charge in [-0.2, -0.15) is 4.98 Å². The molecule has 0 spiro atoms. The number of hydrogen-bond donors (Lipinski definition) is 1. The Labute approximate surface area is 166 Å². The number of aromatic nitrogens is 2. The van der Waals surface area contributed by atoms with E-state index >= 15 is 0 Å². The van der Waals surface area contributed by atoms with Gasteiger partial charge in [-0.15, -0.1) is 0 Å². The molecule has 0 saturated heterocycles. The zero-order chi connectivity index (χ0) is 21.0. The monoisotopic (exact) mass is 393 g/mol. The number of nitrogens with zero attached hydrogens (tertiary/aromatic N) is 2. The van der Waals surface area contributed by atoms with Gasteiger partial charge in [0.15, 0.2) is 17.7 Å². The van der Waals surface area contributed by atoms with Crippen LogP contribution in [-0.2, 0) is 9.53 Å². The van der Waals surface area contributed by atoms with Crippen molar-refractivity contribution in [3.8, 4) is 11.5 Å². The molecule has 0 aliphatic carbocycles. The van der Waals surface area contributed by atoms with E-state index in [0.717, 1.165) is 0 Å². The van der Waals surface area contributed by atoms with Gasteiger partial charge in [0.2, 0.25) is 0 Å². The van der Waals surface area contributed by atoms with Crippen molar-refractivity contribution in [3.63, 3.8) is 0 Å². The summed E-state index contributed by atoms with van der Waals surface area (Å²) >= 11 is 0. The van der Waals surface area contributed by atoms with Crippen LogP contribution in [0.2, 0.25) is 0 Å². The maximum atomic E-state index is 12.3. The predicted octanol–water partition coefficient (Wildman–Crippen LogP) is 3.43. The number of ketones is 1. The van der Waals surface area contributed by atoms with Crippen LogP contribution in [0.3, 0.4) is 0 Å². The molecule has 2 aromatic carbocycles. The number of anilines is 1. The number of Topliss-reactive ketones (excluding diaryl/α,β-unsaturated/α-hetero) is 1. The Kier molecular flexibility index (Phi) is 5.82. The van der Waals surface area contributed by atoms with Crippen LogP contribution in [-0.4, -0.2) is 33.9 Å². The first-order chi connectivity index (χ1) is 13.8. The smallest absolute Gasteiger partial charge is 0.338 e. The van der Waals surface area contributed by atoms with E-state index in [1.165, 1.54) is 13.8 Å². The van der Waals surface area contributed by atoms with E-state index < -0.39 is 18.0 Å². The first-order valence-corrected chi connectivity index (χ1v) is 8.87. The number of carbonyl (C=O) groups is 3. The molecule has 0 saturated carbocycles. The normalized spacial score (nSPS) is 11.6. The van der Waals surface area contributed by atoms with Crippen LogP contribution in [0.1, 0.15) is 40.4 Å². The number of rotatable bonds is 6. The fourth-order valence-electron chi connectivity index (χ4n) is 2.48. The van der Waals surface area contributed by atoms with Gasteiger partial charge in [-0.3, -0.25) is 9.59 Å². The highest BCUT2D eigenvalue weighted by molar-refractivity contribution is 5.98. The van der Waals surface area contributed by atoms with Crippen LogP contribution in [0.5, 0.6) is 0 Å². The van der Waals surface area contributed by atoms with E-state index in [9.17, 15) is 14.4 Å². The standard InChI is InChI=1S/C21H19N3O5/c1-12(25)15-8-10-18(11-9-15)23-19(26)13(2)28-21(27)17-6-4-16(5-7-17)20-22-14(3)24-29-20/h4-11,13H,1-3H3,(H,23,26). The molecule has 29 heavy (non-hydrogen) atoms. The summed E-state index contributed by atoms with van der Waals surface area (Å²) in [4.78, 5) is 40.0. The van der Waals surface area contributed by atoms with Gasteiger partial charge in [0.1, 0.15) is 0 Å². The van der Waals surface area contributed by atoms with Gasteiger partial charge >= 0.3 is 5.97 Å². The van der Waals surface area contributed by atoms with E-state index in [1.807, 2.05) is 0 Å². The summed E-state index contributed by atoms with van der Waals surface area (Å²) in [6.45, 7) is 4.65. The summed E-state index contributed by atoms with van der Waals surface area (Å²) in [6, 6.07) is 12.9. The minimum absolute atomic E-state index is 0.0644. The van der Waals surface area contributed by atoms with E-state index in [1.54, 1.807) is 55.5 Å². The topological polar surface area (TPSA) is 111 Å². The third-order valence-electron chi connectivity index (χ3n) is 4.11. The molecule has 1 atom stereocenters. The molecular formula is C21H19N3O5. The van der Waals surface area contributed by atoms with Gasteiger partial charge in [0.05, 0.1) is 5.56 Å². The summed E-state index contributed by atoms with van der Waals surface area (Å²) in [5.74, 6) is -0.310. The minimum atomic E-state index is -1.01. The average molecular weight is 393 g/mol. The number of amides is 1. The van der Waals surface area contributed by atoms with Crippen LogP contribution >= 0.6 is 0 Å². The van der Waals surface area contributed by atoms with Gasteiger partial charge in [0.25, 0.3) is 11.8 Å². The van der Waals surface area contributed by atoms with E-state index in [-0.39, 0.29) is 11.3 Å². The molecule has 1 aromatic heterocycles. The number of ether oxygens (including phenoxy) is 1. The number of hydrogen-bond acceptors (Lipinski definition) is 7. The Morgan fingerprint density at radius 1 is 1.00 bits per heavy atom. The highest BCUT2D eigenvalue weighted by Gasteiger charge is 2.19. The second-order valence-electron chi connectivity index (χ2n) is 6.39. The summed E-state index contributed by atoms with van der Waals surface area (Å²) in [5.41, 5.74) is 2.00. The highest BCUT2D eigenvalue weighted by atomic mass is 16.5. The molecule has 8 heteroatoms. The lowest BCUT2D eigenvalue weighted by molar-refractivity contribution is -0.123. The molecule has 148 valence electrons. The predicted molar refractivity (Wildman–Crippen MR) is 104 cm³/mol. The number of nitrogens with one attached hydrogen (secondary N) is 1. The van der Waals surface area contributed by atoms with Crippen molar-refractivity contribution >= 4 is 23.3 Å². The van der Waals surface area contributed by atoms with Gasteiger partial charge in [-0.05, 0) is 69.3 Å². The van der Waals surface area contributed by atoms with Gasteiger partial charge < -0.3 is 14.6 Å². The van der Waals surface area contributed by atoms with Gasteiger partial charge in [0, 0.05) is 16.8 Å². The van der Waals surface area contributed by atoms with Crippen LogP contribution in [0.25, 0.3) is 11.5 Å². The SMILES string of the molecule is CC(=O)c1ccc(NC(=O)C(C)OC(=O)c2ccc(-c3nc(C)no3)cc2)cc1. The molecule has 3 aromatic rings. The molecule has 3 rings (SSSR count). The molecule has 0 aliphatic heterocycles. The summed E-state index contributed by atoms with van der Waals surface area (Å²) in [6.07, 6.45) is -1.01. The molecule has 0 radical (unpaired) electrons. The van der Waals surface area contributed by atoms with Crippen molar-refractivity contribution in [1.29, 1.82) is 0 Å². The number of aryl methyl sites for hydroxylation is 1. The van der Waals surface area contributed by atoms with Gasteiger partial charge in [-0.1, -0.05) is 5.16 Å². The number of carbonyl (C=O) groups excluding carboxylic acids is 3. The number of esters is 1. The first-order valence-electron chi connectivity index (χ1n) is 8.87. The maximum absolute atomic E-state index is 12.3. The Morgan fingerprint density at radius 3 is 2.17 bits per heavy atom. The fraction of sp³-hybridized carbons (Fsp3) is 0.190. The third kappa shape index (κ3) is 4.92. The fourth-order valence-corrected chi connectivity index (χ4v) is 2.48. The minimum Gasteiger partial charge on any atom is -0.449 e. The number of benzene rings is 2. The lowest BCUT2D eigenvalue weighted by Crippen LogP contribution is -2.30. The highest BCUT2D eigenvalue weighted by Crippen LogP contribution is 2.18. The Balaban J connectivity index is 1.59. The van der Waals surface area contributed by atoms with Gasteiger partial charge in [-0.25, -0.2) is 4.79 Å². The van der Waals surface area contributed by atoms with Crippen LogP contribution in [0, 0.1) is 6.92 Å². The maximum Gasteiger partial charge on any atom is 0.338 e. The van der Waals surface area contributed by atoms with Crippen molar-refractivity contribution in [3.05, 3.63) is 65.5 Å². The average Bonchev–Trinajstić information content (AvgIpc) is 3.14. The second kappa shape index (κ2) is 8.47. The zero-order valence-corrected chi connectivity index (χ0v) is 16.1. The molecule has 0 aliphatic rings. The largest absolute Gasteiger partial charge is 0.449 e. The van der Waals surface area contributed by atoms with Crippen molar-refractivity contribution in [2.24, 2.45) is 0 Å². The molecule has 1 unspecified atom stereocenters. The Morgan fingerprint density at radius 2 is 1.62 bits per heavy atom. The van der Waals surface area contributed by atoms with E-state index in [4.69, 9.17) is 9.26 Å². The van der Waals surface area contributed by atoms with Crippen LogP contribution in [0.4, 0.5) is 5.69 Å². The van der Waals surface area contributed by atoms with Crippen LogP contribution in [0.15, 0.2) is 53.1 Å². The van der Waals surface area contributed by atoms with Crippen molar-refractivity contribution in [1.82, 2.24) is 10.1 Å². The molecule has 1 N–H and O–H groups in total. The third-order valence-corrected chi connectivity index (χ3v) is 4.11. The summed E-state index contributed by atoms with van der Waals surface area (Å²) in [7, 11) is 0. The van der Waals surface area contributed by atoms with E-state index in [2.05, 4.69) is 15.5 Å². The molecule has 0 fully saturated rings. The van der Waals surface area contributed by atoms with Crippen LogP contribution < -0.4 is 5.32 Å².